The van der Waals surface area contributed by atoms with E-state index in [2.05, 4.69) is 62.9 Å². The largest absolute Gasteiger partial charge is 0.497 e. The van der Waals surface area contributed by atoms with Gasteiger partial charge in [-0.25, -0.2) is 38.3 Å². The summed E-state index contributed by atoms with van der Waals surface area (Å²) in [7, 11) is -2.68. The summed E-state index contributed by atoms with van der Waals surface area (Å²) in [6.07, 6.45) is 6.36. The number of hydrogen-bond acceptors (Lipinski definition) is 20. The van der Waals surface area contributed by atoms with Crippen molar-refractivity contribution in [1.29, 1.82) is 0 Å². The number of halogens is 1. The summed E-state index contributed by atoms with van der Waals surface area (Å²) < 4.78 is 55.2. The minimum Gasteiger partial charge on any atom is -0.497 e. The second-order valence-corrected chi connectivity index (χ2v) is 23.6. The van der Waals surface area contributed by atoms with E-state index in [1.165, 1.54) is 6.82 Å². The average Bonchev–Trinajstić information content (AvgIpc) is 3.34. The zero-order valence-electron chi connectivity index (χ0n) is 43.5. The van der Waals surface area contributed by atoms with Crippen LogP contribution in [0.5, 0.6) is 11.5 Å². The van der Waals surface area contributed by atoms with Crippen LogP contribution in [-0.2, 0) is 42.0 Å². The van der Waals surface area contributed by atoms with Gasteiger partial charge in [-0.3, -0.25) is 0 Å². The highest BCUT2D eigenvalue weighted by molar-refractivity contribution is 7.92. The number of nitrogens with zero attached hydrogens (tertiary/aromatic N) is 10. The molecule has 6 heterocycles. The fourth-order valence-corrected chi connectivity index (χ4v) is 8.85. The summed E-state index contributed by atoms with van der Waals surface area (Å²) in [5.74, 6) is 6.09. The third-order valence-corrected chi connectivity index (χ3v) is 12.3. The quantitative estimate of drug-likeness (QED) is 0.0593. The molecule has 6 aromatic rings. The van der Waals surface area contributed by atoms with Crippen LogP contribution in [0.1, 0.15) is 38.1 Å². The fourth-order valence-electron chi connectivity index (χ4n) is 7.55. The van der Waals surface area contributed by atoms with Gasteiger partial charge in [0.2, 0.25) is 0 Å². The van der Waals surface area contributed by atoms with Gasteiger partial charge < -0.3 is 49.4 Å². The Morgan fingerprint density at radius 2 is 1.07 bits per heavy atom. The lowest BCUT2D eigenvalue weighted by Crippen LogP contribution is -2.44. The van der Waals surface area contributed by atoms with Crippen molar-refractivity contribution >= 4 is 73.1 Å². The molecule has 0 bridgehead atoms. The van der Waals surface area contributed by atoms with Gasteiger partial charge in [-0.2, -0.15) is 8.73 Å². The maximum Gasteiger partial charge on any atom is 0.448 e. The molecule has 2 atom stereocenters. The Morgan fingerprint density at radius 3 is 1.45 bits per heavy atom. The van der Waals surface area contributed by atoms with Crippen molar-refractivity contribution in [2.24, 2.45) is 8.73 Å². The van der Waals surface area contributed by atoms with E-state index in [0.29, 0.717) is 98.2 Å². The van der Waals surface area contributed by atoms with E-state index in [9.17, 15) is 8.42 Å². The van der Waals surface area contributed by atoms with Crippen LogP contribution in [0.15, 0.2) is 93.7 Å². The predicted octanol–water partition coefficient (Wildman–Crippen LogP) is 8.17. The molecule has 24 heteroatoms. The first-order valence-corrected chi connectivity index (χ1v) is 28.8. The predicted molar refractivity (Wildman–Crippen MR) is 303 cm³/mol. The van der Waals surface area contributed by atoms with Gasteiger partial charge in [0.25, 0.3) is 0 Å². The monoisotopic (exact) mass is 1090 g/mol. The molecular formula is C51H70BClN12O8S2. The van der Waals surface area contributed by atoms with Crippen LogP contribution in [0.3, 0.4) is 0 Å². The average molecular weight is 1090 g/mol. The maximum atomic E-state index is 12.4. The summed E-state index contributed by atoms with van der Waals surface area (Å²) in [6, 6.07) is 27.0. The molecule has 8 rings (SSSR count). The van der Waals surface area contributed by atoms with Gasteiger partial charge in [0.15, 0.2) is 23.3 Å². The number of anilines is 4. The lowest BCUT2D eigenvalue weighted by molar-refractivity contribution is 0.0985. The molecule has 4 N–H and O–H groups in total. The summed E-state index contributed by atoms with van der Waals surface area (Å²) in [5, 5.41) is 22.2. The van der Waals surface area contributed by atoms with Crippen LogP contribution in [0, 0.1) is 6.92 Å². The standard InChI is InChI=1S/C25H32N6O3S.C24H29ClN6O3S.CH5BO2.CH4/c1-17-12-20(13-22(27-17)26-15-19-6-8-21(33-3)9-7-19)25-28-23(30-35(4,5)32)14-24(29-25)31-10-11-34-16-18(31)2;1-16-15-34-10-9-31(16)23-13-22(30-35(3,4)32)28-24(29-23)18-11-20(25)27-21(12-18)26-14-17-5-7-19(33-2)8-6-17;1-2(3)4;/h6-9,12-14,18H,10-11,15-16H2,1-5H3,(H,26,27);5-8,11-13,16H,9-10,14-15H2,1-4H3,(H,26,27);3-4H,1H3;1H4/t18-;16-;;/m11../s1. The van der Waals surface area contributed by atoms with Gasteiger partial charge in [0.1, 0.15) is 39.9 Å². The van der Waals surface area contributed by atoms with Crippen molar-refractivity contribution in [1.82, 2.24) is 29.9 Å². The molecule has 0 aliphatic carbocycles. The van der Waals surface area contributed by atoms with Crippen LogP contribution >= 0.6 is 11.6 Å². The molecule has 0 amide bonds. The van der Waals surface area contributed by atoms with E-state index < -0.39 is 26.6 Å². The number of rotatable bonds is 14. The molecule has 0 radical (unpaired) electrons. The molecule has 2 aromatic carbocycles. The van der Waals surface area contributed by atoms with E-state index in [-0.39, 0.29) is 19.5 Å². The molecule has 2 fully saturated rings. The number of aromatic nitrogens is 6. The Hall–Kier alpha value is -6.21. The highest BCUT2D eigenvalue weighted by Crippen LogP contribution is 2.31. The van der Waals surface area contributed by atoms with Crippen molar-refractivity contribution in [3.05, 3.63) is 107 Å². The zero-order valence-corrected chi connectivity index (χ0v) is 45.9. The van der Waals surface area contributed by atoms with Gasteiger partial charge in [-0.15, -0.1) is 0 Å². The Bertz CT molecular complexity index is 2870. The Morgan fingerprint density at radius 1 is 0.667 bits per heavy atom. The molecule has 4 aromatic heterocycles. The molecule has 0 spiro atoms. The zero-order chi connectivity index (χ0) is 53.6. The van der Waals surface area contributed by atoms with Crippen LogP contribution < -0.4 is 29.9 Å². The minimum absolute atomic E-state index is 0. The second-order valence-electron chi connectivity index (χ2n) is 18.1. The SMILES string of the molecule is C.CB(O)O.COc1ccc(CNc2cc(-c3nc(N=S(C)(C)=O)cc(N4CCOC[C@H]4C)n3)cc(C)n2)cc1.COc1ccc(CNc2cc(-c3nc(N=S(C)(C)=O)cc(N4CCOC[C@H]4C)n3)cc(Cl)n2)cc1. The molecule has 404 valence electrons. The number of pyridine rings is 2. The number of ether oxygens (including phenoxy) is 4. The molecule has 2 saturated heterocycles. The first kappa shape index (κ1) is 59.7. The molecule has 0 unspecified atom stereocenters. The Balaban J connectivity index is 0.000000256. The van der Waals surface area contributed by atoms with Gasteiger partial charge in [-0.1, -0.05) is 43.3 Å². The third kappa shape index (κ3) is 19.2. The molecule has 2 aliphatic rings. The number of methoxy groups -OCH3 is 2. The lowest BCUT2D eigenvalue weighted by atomic mass is 9.99. The summed E-state index contributed by atoms with van der Waals surface area (Å²) in [6.45, 7) is 12.4. The number of nitrogens with one attached hydrogen (secondary N) is 2. The van der Waals surface area contributed by atoms with E-state index in [1.54, 1.807) is 57.4 Å². The van der Waals surface area contributed by atoms with Crippen molar-refractivity contribution in [2.45, 2.75) is 60.2 Å². The lowest BCUT2D eigenvalue weighted by Gasteiger charge is -2.34. The number of benzene rings is 2. The highest BCUT2D eigenvalue weighted by atomic mass is 35.5. The third-order valence-electron chi connectivity index (χ3n) is 10.9. The Kier molecular flexibility index (Phi) is 21.9. The van der Waals surface area contributed by atoms with E-state index in [4.69, 9.17) is 50.6 Å². The maximum absolute atomic E-state index is 12.4. The van der Waals surface area contributed by atoms with Crippen molar-refractivity contribution in [2.75, 3.05) is 99.2 Å². The van der Waals surface area contributed by atoms with Gasteiger partial charge in [-0.05, 0) is 87.3 Å². The molecule has 75 heavy (non-hydrogen) atoms. The second kappa shape index (κ2) is 27.5. The van der Waals surface area contributed by atoms with Gasteiger partial charge >= 0.3 is 7.12 Å². The van der Waals surface area contributed by atoms with Crippen LogP contribution in [0.2, 0.25) is 12.0 Å². The van der Waals surface area contributed by atoms with Crippen LogP contribution in [0.4, 0.5) is 34.9 Å². The smallest absolute Gasteiger partial charge is 0.448 e. The topological polar surface area (TPSA) is 244 Å². The minimum atomic E-state index is -2.42. The van der Waals surface area contributed by atoms with Crippen molar-refractivity contribution in [3.8, 4) is 34.3 Å². The molecular weight excluding hydrogens is 1020 g/mol. The molecule has 0 saturated carbocycles. The summed E-state index contributed by atoms with van der Waals surface area (Å²) in [4.78, 5) is 32.2. The van der Waals surface area contributed by atoms with Gasteiger partial charge in [0.05, 0.1) is 52.7 Å². The number of aryl methyl sites for hydroxylation is 1. The summed E-state index contributed by atoms with van der Waals surface area (Å²) >= 11 is 6.36. The first-order chi connectivity index (χ1) is 35.1. The normalized spacial score (nSPS) is 15.4. The number of morpholine rings is 2. The van der Waals surface area contributed by atoms with Crippen LogP contribution in [0.25, 0.3) is 22.8 Å². The van der Waals surface area contributed by atoms with E-state index in [1.807, 2.05) is 73.7 Å². The van der Waals surface area contributed by atoms with Crippen LogP contribution in [-0.4, -0.2) is 146 Å². The first-order valence-electron chi connectivity index (χ1n) is 23.7. The van der Waals surface area contributed by atoms with Gasteiger partial charge in [0, 0.05) is 99.6 Å². The fraction of sp³-hybridized carbons (Fsp3) is 0.412. The highest BCUT2D eigenvalue weighted by Gasteiger charge is 2.24. The Labute approximate surface area is 447 Å². The molecule has 2 aliphatic heterocycles. The van der Waals surface area contributed by atoms with Crippen molar-refractivity contribution in [3.63, 3.8) is 0 Å². The van der Waals surface area contributed by atoms with Crippen molar-refractivity contribution < 1.29 is 37.4 Å². The molecule has 20 nitrogen and oxygen atoms in total. The number of hydrogen-bond donors (Lipinski definition) is 4. The van der Waals surface area contributed by atoms with E-state index in [0.717, 1.165) is 45.5 Å². The summed E-state index contributed by atoms with van der Waals surface area (Å²) in [5.41, 5.74) is 4.50. The van der Waals surface area contributed by atoms with E-state index >= 15 is 0 Å².